The van der Waals surface area contributed by atoms with Gasteiger partial charge in [-0.25, -0.2) is 0 Å². The number of hydrogen-bond acceptors (Lipinski definition) is 2. The molecule has 2 heteroatoms. The highest BCUT2D eigenvalue weighted by atomic mass is 32.2. The molecule has 1 N–H and O–H groups in total. The predicted molar refractivity (Wildman–Crippen MR) is 58.4 cm³/mol. The van der Waals surface area contributed by atoms with Crippen molar-refractivity contribution in [1.82, 2.24) is 5.32 Å². The van der Waals surface area contributed by atoms with Gasteiger partial charge in [0.15, 0.2) is 0 Å². The van der Waals surface area contributed by atoms with Gasteiger partial charge in [-0.1, -0.05) is 30.3 Å². The van der Waals surface area contributed by atoms with Gasteiger partial charge < -0.3 is 5.32 Å². The van der Waals surface area contributed by atoms with Crippen LogP contribution in [0.15, 0.2) is 41.4 Å². The molecule has 13 heavy (non-hydrogen) atoms. The first-order valence-electron chi connectivity index (χ1n) is 4.53. The van der Waals surface area contributed by atoms with E-state index in [0.29, 0.717) is 0 Å². The smallest absolute Gasteiger partial charge is 0.0397 e. The second-order valence-corrected chi connectivity index (χ2v) is 4.08. The molecule has 0 aromatic heterocycles. The Kier molecular flexibility index (Phi) is 2.93. The lowest BCUT2D eigenvalue weighted by Gasteiger charge is -2.05. The average Bonchev–Trinajstić information content (AvgIpc) is 2.69. The molecule has 0 radical (unpaired) electrons. The van der Waals surface area contributed by atoms with Crippen molar-refractivity contribution < 1.29 is 0 Å². The Morgan fingerprint density at radius 2 is 2.08 bits per heavy atom. The fourth-order valence-corrected chi connectivity index (χ4v) is 2.19. The molecule has 1 heterocycles. The minimum Gasteiger partial charge on any atom is -0.384 e. The van der Waals surface area contributed by atoms with Crippen LogP contribution in [0.4, 0.5) is 0 Å². The van der Waals surface area contributed by atoms with E-state index < -0.39 is 0 Å². The van der Waals surface area contributed by atoms with Gasteiger partial charge in [-0.05, 0) is 17.4 Å². The van der Waals surface area contributed by atoms with Gasteiger partial charge >= 0.3 is 0 Å². The lowest BCUT2D eigenvalue weighted by molar-refractivity contribution is 0.783. The normalized spacial score (nSPS) is 15.5. The molecule has 0 bridgehead atoms. The number of rotatable bonds is 3. The zero-order valence-corrected chi connectivity index (χ0v) is 8.31. The third kappa shape index (κ3) is 2.52. The second-order valence-electron chi connectivity index (χ2n) is 3.10. The third-order valence-corrected chi connectivity index (χ3v) is 2.97. The van der Waals surface area contributed by atoms with E-state index in [1.54, 1.807) is 0 Å². The molecule has 0 atom stereocenters. The summed E-state index contributed by atoms with van der Waals surface area (Å²) in [6.07, 6.45) is 1.19. The summed E-state index contributed by atoms with van der Waals surface area (Å²) in [4.78, 5) is 0. The largest absolute Gasteiger partial charge is 0.384 e. The molecule has 1 aromatic rings. The van der Waals surface area contributed by atoms with E-state index in [0.717, 1.165) is 6.54 Å². The zero-order valence-electron chi connectivity index (χ0n) is 7.49. The van der Waals surface area contributed by atoms with Gasteiger partial charge in [-0.3, -0.25) is 0 Å². The van der Waals surface area contributed by atoms with Gasteiger partial charge in [0.1, 0.15) is 0 Å². The number of benzene rings is 1. The van der Waals surface area contributed by atoms with Crippen LogP contribution in [0, 0.1) is 0 Å². The average molecular weight is 191 g/mol. The Morgan fingerprint density at radius 1 is 1.23 bits per heavy atom. The summed E-state index contributed by atoms with van der Waals surface area (Å²) in [7, 11) is 0. The molecule has 0 saturated carbocycles. The minimum atomic E-state index is 0.952. The van der Waals surface area contributed by atoms with E-state index in [4.69, 9.17) is 0 Å². The Bertz CT molecular complexity index is 292. The first-order chi connectivity index (χ1) is 6.45. The number of hydrogen-bond donors (Lipinski definition) is 1. The van der Waals surface area contributed by atoms with Gasteiger partial charge in [0.2, 0.25) is 0 Å². The fourth-order valence-electron chi connectivity index (χ4n) is 1.33. The number of allylic oxidation sites excluding steroid dienone is 1. The molecule has 0 fully saturated rings. The molecule has 0 aliphatic carbocycles. The highest BCUT2D eigenvalue weighted by Crippen LogP contribution is 2.19. The Hall–Kier alpha value is -0.890. The molecule has 0 unspecified atom stereocenters. The van der Waals surface area contributed by atoms with Crippen LogP contribution in [0.5, 0.6) is 0 Å². The molecule has 1 aliphatic rings. The monoisotopic (exact) mass is 191 g/mol. The molecule has 2 rings (SSSR count). The van der Waals surface area contributed by atoms with Crippen LogP contribution >= 0.6 is 11.8 Å². The Labute approximate surface area is 83.2 Å². The molecule has 0 saturated heterocycles. The molecular formula is C11H13NS. The van der Waals surface area contributed by atoms with Gasteiger partial charge in [0.05, 0.1) is 0 Å². The standard InChI is InChI=1S/C11H13NS/c1-2-4-10(5-3-1)8-12-11-6-7-13-9-11/h1-5,9,12H,6-8H2. The SMILES string of the molecule is C1=C(NCc2ccccc2)CCS1. The minimum absolute atomic E-state index is 0.952. The maximum Gasteiger partial charge on any atom is 0.0397 e. The highest BCUT2D eigenvalue weighted by Gasteiger charge is 2.03. The van der Waals surface area contributed by atoms with Crippen molar-refractivity contribution in [2.24, 2.45) is 0 Å². The lowest BCUT2D eigenvalue weighted by atomic mass is 10.2. The molecule has 68 valence electrons. The van der Waals surface area contributed by atoms with Crippen LogP contribution in [-0.2, 0) is 6.54 Å². The van der Waals surface area contributed by atoms with Gasteiger partial charge in [-0.15, -0.1) is 11.8 Å². The van der Waals surface area contributed by atoms with Crippen molar-refractivity contribution in [1.29, 1.82) is 0 Å². The first-order valence-corrected chi connectivity index (χ1v) is 5.58. The number of nitrogens with one attached hydrogen (secondary N) is 1. The second kappa shape index (κ2) is 4.38. The van der Waals surface area contributed by atoms with Gasteiger partial charge in [-0.2, -0.15) is 0 Å². The zero-order chi connectivity index (χ0) is 8.93. The fraction of sp³-hybridized carbons (Fsp3) is 0.273. The highest BCUT2D eigenvalue weighted by molar-refractivity contribution is 8.02. The van der Waals surface area contributed by atoms with Crippen LogP contribution < -0.4 is 5.32 Å². The van der Waals surface area contributed by atoms with Gasteiger partial charge in [0.25, 0.3) is 0 Å². The molecule has 1 aromatic carbocycles. The van der Waals surface area contributed by atoms with Crippen molar-refractivity contribution in [3.05, 3.63) is 47.0 Å². The molecular weight excluding hydrogens is 178 g/mol. The summed E-state index contributed by atoms with van der Waals surface area (Å²) in [6, 6.07) is 10.5. The number of thioether (sulfide) groups is 1. The summed E-state index contributed by atoms with van der Waals surface area (Å²) in [6.45, 7) is 0.952. The summed E-state index contributed by atoms with van der Waals surface area (Å²) in [5, 5.41) is 5.66. The Balaban J connectivity index is 1.86. The first kappa shape index (κ1) is 8.70. The van der Waals surface area contributed by atoms with Crippen LogP contribution in [0.1, 0.15) is 12.0 Å². The van der Waals surface area contributed by atoms with Gasteiger partial charge in [0, 0.05) is 18.0 Å². The van der Waals surface area contributed by atoms with E-state index in [-0.39, 0.29) is 0 Å². The molecule has 0 amide bonds. The van der Waals surface area contributed by atoms with Crippen molar-refractivity contribution in [3.8, 4) is 0 Å². The third-order valence-electron chi connectivity index (χ3n) is 2.08. The van der Waals surface area contributed by atoms with Crippen LogP contribution in [0.3, 0.4) is 0 Å². The van der Waals surface area contributed by atoms with E-state index in [1.807, 2.05) is 17.8 Å². The molecule has 1 nitrogen and oxygen atoms in total. The lowest BCUT2D eigenvalue weighted by Crippen LogP contribution is -2.11. The van der Waals surface area contributed by atoms with Crippen molar-refractivity contribution in [2.45, 2.75) is 13.0 Å². The maximum atomic E-state index is 3.44. The van der Waals surface area contributed by atoms with E-state index in [1.165, 1.54) is 23.4 Å². The summed E-state index contributed by atoms with van der Waals surface area (Å²) >= 11 is 1.89. The Morgan fingerprint density at radius 3 is 2.77 bits per heavy atom. The summed E-state index contributed by atoms with van der Waals surface area (Å²) in [5.41, 5.74) is 2.73. The van der Waals surface area contributed by atoms with Crippen molar-refractivity contribution in [3.63, 3.8) is 0 Å². The topological polar surface area (TPSA) is 12.0 Å². The maximum absolute atomic E-state index is 3.44. The van der Waals surface area contributed by atoms with Crippen molar-refractivity contribution in [2.75, 3.05) is 5.75 Å². The summed E-state index contributed by atoms with van der Waals surface area (Å²) in [5.74, 6) is 1.23. The molecule has 1 aliphatic heterocycles. The van der Waals surface area contributed by atoms with E-state index in [2.05, 4.69) is 35.0 Å². The summed E-state index contributed by atoms with van der Waals surface area (Å²) < 4.78 is 0. The van der Waals surface area contributed by atoms with Crippen molar-refractivity contribution >= 4 is 11.8 Å². The van der Waals surface area contributed by atoms with Crippen LogP contribution in [-0.4, -0.2) is 5.75 Å². The molecule has 0 spiro atoms. The van der Waals surface area contributed by atoms with E-state index in [9.17, 15) is 0 Å². The quantitative estimate of drug-likeness (QED) is 0.788. The van der Waals surface area contributed by atoms with Crippen LogP contribution in [0.2, 0.25) is 0 Å². The van der Waals surface area contributed by atoms with Crippen LogP contribution in [0.25, 0.3) is 0 Å². The van der Waals surface area contributed by atoms with E-state index >= 15 is 0 Å². The predicted octanol–water partition coefficient (Wildman–Crippen LogP) is 2.75.